The molecule has 1 rings (SSSR count). The fourth-order valence-corrected chi connectivity index (χ4v) is 2.81. The molecule has 0 unspecified atom stereocenters. The van der Waals surface area contributed by atoms with E-state index in [-0.39, 0.29) is 6.42 Å². The van der Waals surface area contributed by atoms with Crippen LogP contribution in [-0.4, -0.2) is 42.7 Å². The highest BCUT2D eigenvalue weighted by atomic mass is 32.2. The summed E-state index contributed by atoms with van der Waals surface area (Å²) in [6.07, 6.45) is -0.0469. The van der Waals surface area contributed by atoms with E-state index in [0.717, 1.165) is 12.1 Å². The van der Waals surface area contributed by atoms with Crippen molar-refractivity contribution in [3.05, 3.63) is 34.4 Å². The van der Waals surface area contributed by atoms with Gasteiger partial charge in [-0.2, -0.15) is 12.8 Å². The Balaban J connectivity index is 3.43. The van der Waals surface area contributed by atoms with Crippen LogP contribution in [0, 0.1) is 15.5 Å². The number of hydrogen-bond donors (Lipinski definition) is 2. The third-order valence-electron chi connectivity index (χ3n) is 3.28. The first kappa shape index (κ1) is 18.0. The molecule has 0 aromatic heterocycles. The topological polar surface area (TPSA) is 153 Å². The lowest BCUT2D eigenvalue weighted by Gasteiger charge is -2.33. The van der Waals surface area contributed by atoms with E-state index >= 15 is 0 Å². The van der Waals surface area contributed by atoms with Gasteiger partial charge >= 0.3 is 0 Å². The van der Waals surface area contributed by atoms with Crippen molar-refractivity contribution in [3.63, 3.8) is 0 Å². The van der Waals surface area contributed by atoms with E-state index in [1.54, 1.807) is 0 Å². The maximum Gasteiger partial charge on any atom is 0.289 e. The minimum atomic E-state index is -4.64. The number of nitro groups is 1. The van der Waals surface area contributed by atoms with Crippen LogP contribution in [0.5, 0.6) is 0 Å². The van der Waals surface area contributed by atoms with Crippen molar-refractivity contribution in [1.82, 2.24) is 0 Å². The van der Waals surface area contributed by atoms with Gasteiger partial charge in [0.25, 0.3) is 15.7 Å². The molecule has 0 aliphatic heterocycles. The zero-order chi connectivity index (χ0) is 17.0. The van der Waals surface area contributed by atoms with E-state index in [2.05, 4.69) is 4.40 Å². The largest absolute Gasteiger partial charge is 0.861 e. The molecule has 0 aliphatic rings. The molecule has 10 heteroatoms. The molecule has 0 bridgehead atoms. The van der Waals surface area contributed by atoms with Crippen LogP contribution in [-0.2, 0) is 10.0 Å². The molecule has 22 heavy (non-hydrogen) atoms. The summed E-state index contributed by atoms with van der Waals surface area (Å²) in [5.41, 5.74) is -2.45. The zero-order valence-corrected chi connectivity index (χ0v) is 12.5. The van der Waals surface area contributed by atoms with Gasteiger partial charge in [0.2, 0.25) is 0 Å². The Labute approximate surface area is 126 Å². The first-order valence-corrected chi connectivity index (χ1v) is 7.65. The van der Waals surface area contributed by atoms with Gasteiger partial charge in [-0.15, -0.1) is 0 Å². The standard InChI is InChI=1S/C12H16N2O7S/c1-2-12(7-15,8-16)11(17)13-22(20,21)10-6-4-3-5-9(10)14(18)19/h3-6,15-16H,2,7-8H2,1H3,(H,13,17)/p-1. The van der Waals surface area contributed by atoms with Gasteiger partial charge in [-0.25, -0.2) is 0 Å². The summed E-state index contributed by atoms with van der Waals surface area (Å²) in [6.45, 7) is -0.124. The molecule has 0 radical (unpaired) electrons. The molecule has 0 saturated heterocycles. The summed E-state index contributed by atoms with van der Waals surface area (Å²) in [7, 11) is -4.64. The van der Waals surface area contributed by atoms with Crippen LogP contribution in [0.25, 0.3) is 0 Å². The van der Waals surface area contributed by atoms with E-state index < -0.39 is 50.1 Å². The smallest absolute Gasteiger partial charge is 0.289 e. The molecule has 2 N–H and O–H groups in total. The number of benzene rings is 1. The van der Waals surface area contributed by atoms with E-state index in [0.29, 0.717) is 0 Å². The summed E-state index contributed by atoms with van der Waals surface area (Å²) in [4.78, 5) is 9.22. The quantitative estimate of drug-likeness (QED) is 0.293. The normalized spacial score (nSPS) is 13.1. The molecule has 9 nitrogen and oxygen atoms in total. The molecule has 0 heterocycles. The van der Waals surface area contributed by atoms with Gasteiger partial charge in [-0.05, 0) is 18.4 Å². The van der Waals surface area contributed by atoms with Crippen LogP contribution in [0.1, 0.15) is 13.3 Å². The molecular formula is C12H15N2O7S-. The monoisotopic (exact) mass is 331 g/mol. The molecule has 0 saturated carbocycles. The Bertz CT molecular complexity index is 672. The van der Waals surface area contributed by atoms with Crippen molar-refractivity contribution in [2.45, 2.75) is 18.2 Å². The molecule has 0 aliphatic carbocycles. The summed E-state index contributed by atoms with van der Waals surface area (Å²) in [5.74, 6) is -1.25. The zero-order valence-electron chi connectivity index (χ0n) is 11.7. The molecule has 1 aromatic carbocycles. The molecule has 0 spiro atoms. The lowest BCUT2D eigenvalue weighted by Crippen LogP contribution is -2.45. The molecular weight excluding hydrogens is 316 g/mol. The molecule has 0 amide bonds. The number of rotatable bonds is 7. The summed E-state index contributed by atoms with van der Waals surface area (Å²) in [5, 5.41) is 41.3. The highest BCUT2D eigenvalue weighted by Gasteiger charge is 2.31. The predicted molar refractivity (Wildman–Crippen MR) is 74.6 cm³/mol. The van der Waals surface area contributed by atoms with Gasteiger partial charge < -0.3 is 15.3 Å². The predicted octanol–water partition coefficient (Wildman–Crippen LogP) is -0.577. The maximum absolute atomic E-state index is 12.1. The lowest BCUT2D eigenvalue weighted by atomic mass is 9.87. The lowest BCUT2D eigenvalue weighted by molar-refractivity contribution is -0.387. The Morgan fingerprint density at radius 3 is 2.32 bits per heavy atom. The second-order valence-electron chi connectivity index (χ2n) is 4.55. The van der Waals surface area contributed by atoms with Gasteiger partial charge in [0.15, 0.2) is 4.90 Å². The number of nitrogens with zero attached hydrogens (tertiary/aromatic N) is 2. The highest BCUT2D eigenvalue weighted by Crippen LogP contribution is 2.27. The van der Waals surface area contributed by atoms with Crippen molar-refractivity contribution in [1.29, 1.82) is 0 Å². The first-order valence-electron chi connectivity index (χ1n) is 6.21. The van der Waals surface area contributed by atoms with Gasteiger partial charge in [0, 0.05) is 11.5 Å². The Morgan fingerprint density at radius 2 is 1.86 bits per heavy atom. The molecule has 122 valence electrons. The van der Waals surface area contributed by atoms with E-state index in [9.17, 15) is 33.9 Å². The van der Waals surface area contributed by atoms with Crippen LogP contribution < -0.4 is 5.11 Å². The SMILES string of the molecule is CCC(CO)(CO)/C([O-])=N/S(=O)(=O)c1ccccc1[N+](=O)[O-]. The van der Waals surface area contributed by atoms with Crippen LogP contribution in [0.2, 0.25) is 0 Å². The maximum atomic E-state index is 12.1. The number of nitro benzene ring substituents is 1. The van der Waals surface area contributed by atoms with Gasteiger partial charge in [-0.3, -0.25) is 10.1 Å². The Hall–Kier alpha value is -2.04. The van der Waals surface area contributed by atoms with E-state index in [1.807, 2.05) is 0 Å². The summed E-state index contributed by atoms with van der Waals surface area (Å²) < 4.78 is 27.2. The number of aliphatic hydroxyl groups is 2. The number of hydrogen-bond acceptors (Lipinski definition) is 7. The number of sulfonamides is 1. The molecule has 0 atom stereocenters. The molecule has 1 aromatic rings. The first-order chi connectivity index (χ1) is 10.2. The van der Waals surface area contributed by atoms with Crippen molar-refractivity contribution >= 4 is 21.6 Å². The average molecular weight is 331 g/mol. The van der Waals surface area contributed by atoms with Crippen molar-refractivity contribution in [2.75, 3.05) is 13.2 Å². The van der Waals surface area contributed by atoms with Crippen LogP contribution in [0.3, 0.4) is 0 Å². The Kier molecular flexibility index (Phi) is 5.58. The fourth-order valence-electron chi connectivity index (χ4n) is 1.64. The summed E-state index contributed by atoms with van der Waals surface area (Å²) >= 11 is 0. The number of aliphatic hydroxyl groups excluding tert-OH is 2. The van der Waals surface area contributed by atoms with Crippen molar-refractivity contribution in [3.8, 4) is 0 Å². The summed E-state index contributed by atoms with van der Waals surface area (Å²) in [6, 6.07) is 4.45. The second kappa shape index (κ2) is 6.81. The fraction of sp³-hybridized carbons (Fsp3) is 0.417. The highest BCUT2D eigenvalue weighted by molar-refractivity contribution is 7.90. The minimum Gasteiger partial charge on any atom is -0.861 e. The molecule has 0 fully saturated rings. The van der Waals surface area contributed by atoms with Crippen LogP contribution in [0.15, 0.2) is 33.6 Å². The van der Waals surface area contributed by atoms with Gasteiger partial charge in [0.1, 0.15) is 0 Å². The average Bonchev–Trinajstić information content (AvgIpc) is 2.49. The third kappa shape index (κ3) is 3.40. The minimum absolute atomic E-state index is 0.0469. The van der Waals surface area contributed by atoms with E-state index in [1.165, 1.54) is 19.1 Å². The Morgan fingerprint density at radius 1 is 1.32 bits per heavy atom. The van der Waals surface area contributed by atoms with Gasteiger partial charge in [0.05, 0.1) is 18.1 Å². The third-order valence-corrected chi connectivity index (χ3v) is 4.59. The van der Waals surface area contributed by atoms with E-state index in [4.69, 9.17) is 0 Å². The van der Waals surface area contributed by atoms with Crippen molar-refractivity contribution < 1.29 is 28.7 Å². The second-order valence-corrected chi connectivity index (χ2v) is 6.12. The van der Waals surface area contributed by atoms with Crippen LogP contribution >= 0.6 is 0 Å². The van der Waals surface area contributed by atoms with Gasteiger partial charge in [-0.1, -0.05) is 19.1 Å². The van der Waals surface area contributed by atoms with Crippen LogP contribution in [0.4, 0.5) is 5.69 Å². The number of para-hydroxylation sites is 1. The van der Waals surface area contributed by atoms with Crippen molar-refractivity contribution in [2.24, 2.45) is 9.81 Å².